The van der Waals surface area contributed by atoms with E-state index in [4.69, 9.17) is 5.73 Å². The van der Waals surface area contributed by atoms with Gasteiger partial charge in [0.05, 0.1) is 4.92 Å². The molecule has 2 rings (SSSR count). The molecular formula is C12H19N5O2. The molecule has 19 heavy (non-hydrogen) atoms. The third-order valence-corrected chi connectivity index (χ3v) is 3.69. The Balaban J connectivity index is 2.13. The van der Waals surface area contributed by atoms with Gasteiger partial charge in [0.1, 0.15) is 6.20 Å². The molecule has 1 aromatic rings. The van der Waals surface area contributed by atoms with E-state index in [9.17, 15) is 10.1 Å². The highest BCUT2D eigenvalue weighted by Crippen LogP contribution is 2.25. The number of nitrogens with zero attached hydrogens (tertiary/aromatic N) is 4. The summed E-state index contributed by atoms with van der Waals surface area (Å²) in [5.41, 5.74) is 5.37. The molecule has 1 aliphatic rings. The lowest BCUT2D eigenvalue weighted by molar-refractivity contribution is -0.384. The summed E-state index contributed by atoms with van der Waals surface area (Å²) in [5.74, 6) is 1.19. The van der Waals surface area contributed by atoms with Crippen LogP contribution in [0.4, 0.5) is 17.5 Å². The lowest BCUT2D eigenvalue weighted by Gasteiger charge is -2.20. The Labute approximate surface area is 112 Å². The van der Waals surface area contributed by atoms with Gasteiger partial charge >= 0.3 is 5.69 Å². The summed E-state index contributed by atoms with van der Waals surface area (Å²) in [4.78, 5) is 20.3. The van der Waals surface area contributed by atoms with Crippen molar-refractivity contribution in [2.45, 2.75) is 32.6 Å². The molecule has 0 radical (unpaired) electrons. The minimum Gasteiger partial charge on any atom is -0.378 e. The second-order valence-corrected chi connectivity index (χ2v) is 4.89. The molecule has 0 saturated carbocycles. The first-order chi connectivity index (χ1) is 9.11. The second kappa shape index (κ2) is 5.81. The highest BCUT2D eigenvalue weighted by atomic mass is 16.6. The first-order valence-electron chi connectivity index (χ1n) is 6.63. The molecule has 0 aliphatic carbocycles. The van der Waals surface area contributed by atoms with Gasteiger partial charge in [-0.25, -0.2) is 4.98 Å². The molecule has 7 nitrogen and oxygen atoms in total. The SMILES string of the molecule is CC[C@H]1CCCN(c2ncc([N+](=O)[O-])c(N)n2)CC1. The molecule has 1 atom stereocenters. The van der Waals surface area contributed by atoms with Crippen molar-refractivity contribution in [2.75, 3.05) is 23.7 Å². The Morgan fingerprint density at radius 2 is 2.32 bits per heavy atom. The topological polar surface area (TPSA) is 98.2 Å². The fourth-order valence-electron chi connectivity index (χ4n) is 2.45. The van der Waals surface area contributed by atoms with Crippen molar-refractivity contribution in [3.8, 4) is 0 Å². The Morgan fingerprint density at radius 3 is 2.95 bits per heavy atom. The number of nitrogens with two attached hydrogens (primary N) is 1. The van der Waals surface area contributed by atoms with Crippen molar-refractivity contribution < 1.29 is 4.92 Å². The molecule has 2 N–H and O–H groups in total. The monoisotopic (exact) mass is 265 g/mol. The maximum Gasteiger partial charge on any atom is 0.329 e. The summed E-state index contributed by atoms with van der Waals surface area (Å²) >= 11 is 0. The molecule has 1 aromatic heterocycles. The van der Waals surface area contributed by atoms with Crippen LogP contribution in [0, 0.1) is 16.0 Å². The van der Waals surface area contributed by atoms with Crippen LogP contribution in [-0.2, 0) is 0 Å². The van der Waals surface area contributed by atoms with E-state index in [1.54, 1.807) is 0 Å². The van der Waals surface area contributed by atoms with E-state index in [1.807, 2.05) is 0 Å². The van der Waals surface area contributed by atoms with Gasteiger partial charge in [-0.3, -0.25) is 10.1 Å². The summed E-state index contributed by atoms with van der Waals surface area (Å²) in [6.07, 6.45) is 5.81. The van der Waals surface area contributed by atoms with Crippen molar-refractivity contribution in [3.05, 3.63) is 16.3 Å². The van der Waals surface area contributed by atoms with Gasteiger partial charge in [0.15, 0.2) is 0 Å². The minimum atomic E-state index is -0.561. The highest BCUT2D eigenvalue weighted by molar-refractivity contribution is 5.53. The van der Waals surface area contributed by atoms with Crippen molar-refractivity contribution in [3.63, 3.8) is 0 Å². The molecule has 1 fully saturated rings. The lowest BCUT2D eigenvalue weighted by Crippen LogP contribution is -2.26. The molecule has 0 aromatic carbocycles. The molecule has 0 unspecified atom stereocenters. The predicted octanol–water partition coefficient (Wildman–Crippen LogP) is 1.98. The molecule has 1 saturated heterocycles. The van der Waals surface area contributed by atoms with Crippen LogP contribution in [0.2, 0.25) is 0 Å². The van der Waals surface area contributed by atoms with Crippen molar-refractivity contribution in [1.29, 1.82) is 0 Å². The molecular weight excluding hydrogens is 246 g/mol. The largest absolute Gasteiger partial charge is 0.378 e. The molecule has 0 bridgehead atoms. The minimum absolute atomic E-state index is 0.0636. The standard InChI is InChI=1S/C12H19N5O2/c1-2-9-4-3-6-16(7-5-9)12-14-8-10(17(18)19)11(13)15-12/h8-9H,2-7H2,1H3,(H2,13,14,15)/t9-/m0/s1. The van der Waals surface area contributed by atoms with Gasteiger partial charge in [-0.05, 0) is 25.2 Å². The van der Waals surface area contributed by atoms with Crippen LogP contribution in [-0.4, -0.2) is 28.0 Å². The summed E-state index contributed by atoms with van der Waals surface area (Å²) in [7, 11) is 0. The number of aromatic nitrogens is 2. The predicted molar refractivity (Wildman–Crippen MR) is 72.9 cm³/mol. The molecule has 104 valence electrons. The maximum absolute atomic E-state index is 10.7. The Kier molecular flexibility index (Phi) is 4.13. The highest BCUT2D eigenvalue weighted by Gasteiger charge is 2.20. The van der Waals surface area contributed by atoms with Gasteiger partial charge in [-0.15, -0.1) is 0 Å². The zero-order valence-corrected chi connectivity index (χ0v) is 11.1. The van der Waals surface area contributed by atoms with Gasteiger partial charge in [0.25, 0.3) is 0 Å². The zero-order valence-electron chi connectivity index (χ0n) is 11.1. The fourth-order valence-corrected chi connectivity index (χ4v) is 2.45. The molecule has 1 aliphatic heterocycles. The maximum atomic E-state index is 10.7. The van der Waals surface area contributed by atoms with E-state index in [0.29, 0.717) is 5.95 Å². The van der Waals surface area contributed by atoms with Crippen LogP contribution in [0.15, 0.2) is 6.20 Å². The van der Waals surface area contributed by atoms with Gasteiger partial charge in [-0.1, -0.05) is 13.3 Å². The number of hydrogen-bond acceptors (Lipinski definition) is 6. The van der Waals surface area contributed by atoms with Crippen molar-refractivity contribution in [1.82, 2.24) is 9.97 Å². The van der Waals surface area contributed by atoms with Crippen molar-refractivity contribution in [2.24, 2.45) is 5.92 Å². The van der Waals surface area contributed by atoms with Crippen LogP contribution in [0.25, 0.3) is 0 Å². The normalized spacial score (nSPS) is 20.1. The summed E-state index contributed by atoms with van der Waals surface area (Å²) in [5, 5.41) is 10.7. The average Bonchev–Trinajstić information content (AvgIpc) is 2.63. The first kappa shape index (κ1) is 13.5. The first-order valence-corrected chi connectivity index (χ1v) is 6.63. The van der Waals surface area contributed by atoms with Gasteiger partial charge < -0.3 is 10.6 Å². The van der Waals surface area contributed by atoms with Crippen LogP contribution in [0.3, 0.4) is 0 Å². The van der Waals surface area contributed by atoms with E-state index < -0.39 is 4.92 Å². The molecule has 2 heterocycles. The Hall–Kier alpha value is -1.92. The quantitative estimate of drug-likeness (QED) is 0.662. The third-order valence-electron chi connectivity index (χ3n) is 3.69. The second-order valence-electron chi connectivity index (χ2n) is 4.89. The van der Waals surface area contributed by atoms with E-state index in [-0.39, 0.29) is 11.5 Å². The Morgan fingerprint density at radius 1 is 1.53 bits per heavy atom. The van der Waals surface area contributed by atoms with Gasteiger partial charge in [0, 0.05) is 13.1 Å². The van der Waals surface area contributed by atoms with Crippen LogP contribution in [0.5, 0.6) is 0 Å². The molecule has 7 heteroatoms. The number of anilines is 2. The van der Waals surface area contributed by atoms with E-state index in [2.05, 4.69) is 21.8 Å². The Bertz CT molecular complexity index is 465. The number of nitro groups is 1. The smallest absolute Gasteiger partial charge is 0.329 e. The summed E-state index contributed by atoms with van der Waals surface area (Å²) < 4.78 is 0. The summed E-state index contributed by atoms with van der Waals surface area (Å²) in [6, 6.07) is 0. The average molecular weight is 265 g/mol. The van der Waals surface area contributed by atoms with Gasteiger partial charge in [0.2, 0.25) is 11.8 Å². The van der Waals surface area contributed by atoms with Crippen LogP contribution in [0.1, 0.15) is 32.6 Å². The van der Waals surface area contributed by atoms with Crippen LogP contribution < -0.4 is 10.6 Å². The number of nitrogen functional groups attached to an aromatic ring is 1. The van der Waals surface area contributed by atoms with E-state index in [0.717, 1.165) is 31.8 Å². The van der Waals surface area contributed by atoms with E-state index in [1.165, 1.54) is 19.0 Å². The fraction of sp³-hybridized carbons (Fsp3) is 0.667. The number of rotatable bonds is 3. The van der Waals surface area contributed by atoms with Crippen molar-refractivity contribution >= 4 is 17.5 Å². The van der Waals surface area contributed by atoms with Crippen LogP contribution >= 0.6 is 0 Å². The molecule has 0 spiro atoms. The lowest BCUT2D eigenvalue weighted by atomic mass is 9.98. The third kappa shape index (κ3) is 3.10. The van der Waals surface area contributed by atoms with E-state index >= 15 is 0 Å². The summed E-state index contributed by atoms with van der Waals surface area (Å²) in [6.45, 7) is 3.98. The zero-order chi connectivity index (χ0) is 13.8. The van der Waals surface area contributed by atoms with Gasteiger partial charge in [-0.2, -0.15) is 4.98 Å². The molecule has 0 amide bonds. The number of hydrogen-bond donors (Lipinski definition) is 1.